The first-order valence-electron chi connectivity index (χ1n) is 15.8. The van der Waals surface area contributed by atoms with Crippen molar-refractivity contribution in [3.05, 3.63) is 0 Å². The third-order valence-electron chi connectivity index (χ3n) is 12.9. The van der Waals surface area contributed by atoms with Crippen LogP contribution in [0.5, 0.6) is 0 Å². The lowest BCUT2D eigenvalue weighted by Gasteiger charge is -2.62. The summed E-state index contributed by atoms with van der Waals surface area (Å²) in [5, 5.41) is 11.8. The summed E-state index contributed by atoms with van der Waals surface area (Å²) in [6.07, 6.45) is 9.51. The first-order chi connectivity index (χ1) is 18.0. The molecule has 0 bridgehead atoms. The minimum Gasteiger partial charge on any atom is -0.469 e. The minimum absolute atomic E-state index is 0.140. The van der Waals surface area contributed by atoms with E-state index in [1.54, 1.807) is 0 Å². The van der Waals surface area contributed by atoms with E-state index in [4.69, 9.17) is 4.74 Å². The summed E-state index contributed by atoms with van der Waals surface area (Å²) in [5.41, 5.74) is -0.649. The van der Waals surface area contributed by atoms with Crippen LogP contribution >= 0.6 is 0 Å². The van der Waals surface area contributed by atoms with Gasteiger partial charge in [-0.25, -0.2) is 0 Å². The van der Waals surface area contributed by atoms with Crippen LogP contribution in [-0.2, 0) is 14.3 Å². The Kier molecular flexibility index (Phi) is 8.10. The van der Waals surface area contributed by atoms with Crippen LogP contribution in [0.15, 0.2) is 0 Å². The Morgan fingerprint density at radius 3 is 2.45 bits per heavy atom. The van der Waals surface area contributed by atoms with E-state index in [-0.39, 0.29) is 16.8 Å². The van der Waals surface area contributed by atoms with Gasteiger partial charge in [0.15, 0.2) is 0 Å². The second kappa shape index (κ2) is 10.8. The largest absolute Gasteiger partial charge is 0.469 e. The first-order valence-corrected chi connectivity index (χ1v) is 15.8. The van der Waals surface area contributed by atoms with E-state index in [1.807, 2.05) is 0 Å². The van der Waals surface area contributed by atoms with Crippen LogP contribution < -0.4 is 0 Å². The topological polar surface area (TPSA) is 70.1 Å². The molecule has 0 unspecified atom stereocenters. The normalized spacial score (nSPS) is 44.7. The smallest absolute Gasteiger partial charge is 0.305 e. The third kappa shape index (κ3) is 4.89. The number of β-amino-alcohol motifs (C(OH)–C–C–N with tert-alkyl or cyclic N) is 1. The van der Waals surface area contributed by atoms with Gasteiger partial charge in [0.1, 0.15) is 5.78 Å². The summed E-state index contributed by atoms with van der Waals surface area (Å²) in [4.78, 5) is 30.9. The average molecular weight is 531 g/mol. The second-order valence-corrected chi connectivity index (χ2v) is 14.5. The summed E-state index contributed by atoms with van der Waals surface area (Å²) in [6.45, 7) is 15.5. The van der Waals surface area contributed by atoms with Gasteiger partial charge in [-0.2, -0.15) is 0 Å². The van der Waals surface area contributed by atoms with Crippen molar-refractivity contribution < 1.29 is 19.4 Å². The molecule has 0 aromatic carbocycles. The predicted octanol–water partition coefficient (Wildman–Crippen LogP) is 4.78. The van der Waals surface area contributed by atoms with Gasteiger partial charge in [0.05, 0.1) is 12.7 Å². The van der Waals surface area contributed by atoms with Gasteiger partial charge in [-0.15, -0.1) is 0 Å². The van der Waals surface area contributed by atoms with Crippen LogP contribution in [0.1, 0.15) is 91.9 Å². The number of fused-ring (bicyclic) bond motifs is 5. The molecular weight excluding hydrogens is 476 g/mol. The molecule has 9 atom stereocenters. The maximum absolute atomic E-state index is 14.1. The fraction of sp³-hybridized carbons (Fsp3) is 0.938. The molecule has 0 aromatic rings. The molecule has 1 saturated heterocycles. The molecule has 1 heterocycles. The van der Waals surface area contributed by atoms with Crippen LogP contribution in [0.3, 0.4) is 0 Å². The van der Waals surface area contributed by atoms with Gasteiger partial charge in [-0.1, -0.05) is 27.7 Å². The van der Waals surface area contributed by atoms with Crippen LogP contribution in [0.25, 0.3) is 0 Å². The van der Waals surface area contributed by atoms with Crippen molar-refractivity contribution in [3.63, 3.8) is 0 Å². The number of piperazine rings is 1. The number of hydrogen-bond donors (Lipinski definition) is 1. The number of carbonyl (C=O) groups excluding carboxylic acids is 2. The molecule has 5 aliphatic rings. The molecule has 1 aliphatic heterocycles. The zero-order valence-corrected chi connectivity index (χ0v) is 24.8. The van der Waals surface area contributed by atoms with Crippen LogP contribution in [0, 0.1) is 46.3 Å². The van der Waals surface area contributed by atoms with E-state index < -0.39 is 5.60 Å². The number of ether oxygens (including phenoxy) is 1. The van der Waals surface area contributed by atoms with Crippen LogP contribution in [0.2, 0.25) is 0 Å². The van der Waals surface area contributed by atoms with Crippen molar-refractivity contribution >= 4 is 11.8 Å². The highest BCUT2D eigenvalue weighted by molar-refractivity contribution is 5.87. The van der Waals surface area contributed by atoms with Gasteiger partial charge in [0, 0.05) is 51.0 Å². The van der Waals surface area contributed by atoms with E-state index in [9.17, 15) is 14.7 Å². The summed E-state index contributed by atoms with van der Waals surface area (Å²) in [5.74, 6) is 3.19. The molecular formula is C32H54N2O4. The Balaban J connectivity index is 1.26. The SMILES string of the molecule is CCN1CCN(C[C@]2(O)CC[C@@]3(C)[C@H](CC[C@@H]4[C@@H]3CC(=O)[C@]3(C)[C@@H]([C@H](C)CCC(=O)OC)CC[C@@H]43)C2)CC1. The molecule has 4 aliphatic carbocycles. The van der Waals surface area contributed by atoms with E-state index in [1.165, 1.54) is 20.0 Å². The van der Waals surface area contributed by atoms with Crippen molar-refractivity contribution in [3.8, 4) is 0 Å². The van der Waals surface area contributed by atoms with E-state index in [0.29, 0.717) is 47.7 Å². The van der Waals surface area contributed by atoms with Crippen molar-refractivity contribution in [2.24, 2.45) is 46.3 Å². The summed E-state index contributed by atoms with van der Waals surface area (Å²) in [6, 6.07) is 0. The summed E-state index contributed by atoms with van der Waals surface area (Å²) < 4.78 is 4.89. The highest BCUT2D eigenvalue weighted by Crippen LogP contribution is 2.68. The number of esters is 1. The monoisotopic (exact) mass is 530 g/mol. The fourth-order valence-electron chi connectivity index (χ4n) is 10.4. The second-order valence-electron chi connectivity index (χ2n) is 14.5. The van der Waals surface area contributed by atoms with Crippen LogP contribution in [-0.4, -0.2) is 78.6 Å². The molecule has 5 fully saturated rings. The number of nitrogens with zero attached hydrogens (tertiary/aromatic N) is 2. The number of ketones is 1. The van der Waals surface area contributed by atoms with Crippen molar-refractivity contribution in [1.82, 2.24) is 9.80 Å². The lowest BCUT2D eigenvalue weighted by Crippen LogP contribution is -2.60. The molecule has 1 N–H and O–H groups in total. The molecule has 6 heteroatoms. The van der Waals surface area contributed by atoms with Gasteiger partial charge in [-0.05, 0) is 98.8 Å². The van der Waals surface area contributed by atoms with Gasteiger partial charge in [0.2, 0.25) is 0 Å². The highest BCUT2D eigenvalue weighted by atomic mass is 16.5. The number of hydrogen-bond acceptors (Lipinski definition) is 6. The molecule has 6 nitrogen and oxygen atoms in total. The molecule has 38 heavy (non-hydrogen) atoms. The Morgan fingerprint density at radius 1 is 1.05 bits per heavy atom. The standard InChI is InChI=1S/C32H54N2O4/c1-6-33-15-17-34(18-16-33)21-32(37)14-13-30(3)23(20-32)8-9-24-26-11-10-25(22(2)7-12-29(36)38-5)31(26,4)28(35)19-27(24)30/h22-27,37H,6-21H2,1-5H3/t22-,23-,24+,25-,26+,27+,30+,31-,32+/m1/s1. The number of methoxy groups -OCH3 is 1. The first kappa shape index (κ1) is 28.5. The number of Topliss-reactive ketones (excluding diaryl/α,β-unsaturated/α-hetero) is 1. The maximum Gasteiger partial charge on any atom is 0.305 e. The number of likely N-dealkylation sites (N-methyl/N-ethyl adjacent to an activating group) is 1. The van der Waals surface area contributed by atoms with Gasteiger partial charge in [-0.3, -0.25) is 14.5 Å². The van der Waals surface area contributed by atoms with Crippen molar-refractivity contribution in [2.75, 3.05) is 46.4 Å². The minimum atomic E-state index is -0.577. The molecule has 216 valence electrons. The van der Waals surface area contributed by atoms with E-state index in [2.05, 4.69) is 37.5 Å². The molecule has 5 rings (SSSR count). The zero-order chi connectivity index (χ0) is 27.3. The summed E-state index contributed by atoms with van der Waals surface area (Å²) in [7, 11) is 1.46. The molecule has 0 radical (unpaired) electrons. The lowest BCUT2D eigenvalue weighted by atomic mass is 9.43. The summed E-state index contributed by atoms with van der Waals surface area (Å²) >= 11 is 0. The maximum atomic E-state index is 14.1. The molecule has 0 spiro atoms. The zero-order valence-electron chi connectivity index (χ0n) is 24.8. The average Bonchev–Trinajstić information content (AvgIpc) is 3.27. The van der Waals surface area contributed by atoms with Crippen molar-refractivity contribution in [2.45, 2.75) is 97.5 Å². The predicted molar refractivity (Wildman–Crippen MR) is 150 cm³/mol. The Hall–Kier alpha value is -0.980. The fourth-order valence-corrected chi connectivity index (χ4v) is 10.4. The number of carbonyl (C=O) groups is 2. The number of aliphatic hydroxyl groups is 1. The lowest BCUT2D eigenvalue weighted by molar-refractivity contribution is -0.170. The Bertz CT molecular complexity index is 887. The van der Waals surface area contributed by atoms with Crippen LogP contribution in [0.4, 0.5) is 0 Å². The Morgan fingerprint density at radius 2 is 1.76 bits per heavy atom. The van der Waals surface area contributed by atoms with Gasteiger partial charge < -0.3 is 14.7 Å². The third-order valence-corrected chi connectivity index (χ3v) is 12.9. The number of rotatable bonds is 7. The van der Waals surface area contributed by atoms with E-state index >= 15 is 0 Å². The highest BCUT2D eigenvalue weighted by Gasteiger charge is 2.64. The molecule has 0 amide bonds. The van der Waals surface area contributed by atoms with E-state index in [0.717, 1.165) is 84.2 Å². The van der Waals surface area contributed by atoms with Crippen molar-refractivity contribution in [1.29, 1.82) is 0 Å². The molecule has 4 saturated carbocycles. The Labute approximate surface area is 231 Å². The molecule has 0 aromatic heterocycles. The van der Waals surface area contributed by atoms with Gasteiger partial charge >= 0.3 is 5.97 Å². The van der Waals surface area contributed by atoms with Gasteiger partial charge in [0.25, 0.3) is 0 Å². The quantitative estimate of drug-likeness (QED) is 0.478.